The van der Waals surface area contributed by atoms with Gasteiger partial charge in [0.1, 0.15) is 0 Å². The maximum Gasteiger partial charge on any atom is 0.0620 e. The molecule has 0 N–H and O–H groups in total. The smallest absolute Gasteiger partial charge is 0.0620 e. The first-order valence-corrected chi connectivity index (χ1v) is 20.7. The van der Waals surface area contributed by atoms with Crippen LogP contribution in [0.25, 0.3) is 93.2 Å². The molecule has 0 amide bonds. The van der Waals surface area contributed by atoms with Crippen molar-refractivity contribution >= 4 is 71.2 Å². The Kier molecular flexibility index (Phi) is 7.89. The van der Waals surface area contributed by atoms with E-state index in [1.54, 1.807) is 0 Å². The number of nitrogens with zero attached hydrogens (tertiary/aromatic N) is 2. The van der Waals surface area contributed by atoms with Gasteiger partial charge in [0.2, 0.25) is 0 Å². The lowest BCUT2D eigenvalue weighted by Gasteiger charge is -2.25. The molecule has 0 aliphatic carbocycles. The van der Waals surface area contributed by atoms with Gasteiger partial charge >= 0.3 is 0 Å². The van der Waals surface area contributed by atoms with Crippen LogP contribution < -0.4 is 4.90 Å². The zero-order valence-electron chi connectivity index (χ0n) is 32.8. The lowest BCUT2D eigenvalue weighted by molar-refractivity contribution is 1.19. The van der Waals surface area contributed by atoms with E-state index >= 15 is 0 Å². The van der Waals surface area contributed by atoms with E-state index < -0.39 is 0 Å². The van der Waals surface area contributed by atoms with Crippen molar-refractivity contribution in [3.8, 4) is 39.1 Å². The van der Waals surface area contributed by atoms with E-state index in [1.165, 1.54) is 87.5 Å². The van der Waals surface area contributed by atoms with E-state index in [0.29, 0.717) is 0 Å². The zero-order valence-corrected chi connectivity index (χ0v) is 32.8. The molecule has 0 spiro atoms. The SMILES string of the molecule is c1ccc(-c2ccc(-c3cccc4c3c3cc5ccc6ccc(-c7ccc(N(c8ccccc8)c8ccccc8)cc7)c7ccc(c5c67)c3n4-c3ccccc3)cc2)cc1. The quantitative estimate of drug-likeness (QED) is 0.147. The van der Waals surface area contributed by atoms with Crippen molar-refractivity contribution in [3.05, 3.63) is 231 Å². The highest BCUT2D eigenvalue weighted by Gasteiger charge is 2.22. The van der Waals surface area contributed by atoms with Crippen molar-refractivity contribution in [1.29, 1.82) is 0 Å². The normalized spacial score (nSPS) is 11.7. The molecular weight excluding hydrogens is 725 g/mol. The molecule has 0 unspecified atom stereocenters. The molecule has 2 nitrogen and oxygen atoms in total. The van der Waals surface area contributed by atoms with Gasteiger partial charge in [-0.25, -0.2) is 0 Å². The summed E-state index contributed by atoms with van der Waals surface area (Å²) in [5, 5.41) is 10.2. The molecule has 12 aromatic rings. The van der Waals surface area contributed by atoms with Crippen LogP contribution in [-0.2, 0) is 0 Å². The van der Waals surface area contributed by atoms with Crippen LogP contribution in [0.4, 0.5) is 17.1 Å². The fourth-order valence-corrected chi connectivity index (χ4v) is 9.62. The predicted molar refractivity (Wildman–Crippen MR) is 255 cm³/mol. The van der Waals surface area contributed by atoms with Gasteiger partial charge in [0, 0.05) is 38.9 Å². The van der Waals surface area contributed by atoms with Crippen molar-refractivity contribution in [2.24, 2.45) is 0 Å². The molecule has 0 aliphatic heterocycles. The van der Waals surface area contributed by atoms with Crippen LogP contribution in [-0.4, -0.2) is 4.57 Å². The molecule has 60 heavy (non-hydrogen) atoms. The fourth-order valence-electron chi connectivity index (χ4n) is 9.62. The summed E-state index contributed by atoms with van der Waals surface area (Å²) in [7, 11) is 0. The van der Waals surface area contributed by atoms with Gasteiger partial charge in [0.15, 0.2) is 0 Å². The maximum absolute atomic E-state index is 2.49. The Hall–Kier alpha value is -7.94. The predicted octanol–water partition coefficient (Wildman–Crippen LogP) is 16.2. The van der Waals surface area contributed by atoms with E-state index in [-0.39, 0.29) is 0 Å². The third-order valence-corrected chi connectivity index (χ3v) is 12.3. The van der Waals surface area contributed by atoms with Gasteiger partial charge in [0.25, 0.3) is 0 Å². The molecule has 11 aromatic carbocycles. The molecule has 1 aromatic heterocycles. The molecular formula is C58H38N2. The minimum atomic E-state index is 1.12. The number of hydrogen-bond acceptors (Lipinski definition) is 1. The van der Waals surface area contributed by atoms with Crippen LogP contribution in [0.5, 0.6) is 0 Å². The van der Waals surface area contributed by atoms with Crippen LogP contribution in [0.1, 0.15) is 0 Å². The molecule has 0 saturated heterocycles. The van der Waals surface area contributed by atoms with Crippen LogP contribution >= 0.6 is 0 Å². The largest absolute Gasteiger partial charge is 0.311 e. The number of hydrogen-bond donors (Lipinski definition) is 0. The summed E-state index contributed by atoms with van der Waals surface area (Å²) in [6.45, 7) is 0. The number of anilines is 3. The van der Waals surface area contributed by atoms with Gasteiger partial charge in [0.05, 0.1) is 11.0 Å². The monoisotopic (exact) mass is 762 g/mol. The van der Waals surface area contributed by atoms with Crippen LogP contribution in [0, 0.1) is 0 Å². The molecule has 0 aliphatic rings. The summed E-state index contributed by atoms with van der Waals surface area (Å²) >= 11 is 0. The molecule has 1 heterocycles. The van der Waals surface area contributed by atoms with Crippen molar-refractivity contribution < 1.29 is 0 Å². The standard InChI is InChI=1S/C58H38N2/c1-5-14-39(15-6-1)40-24-26-42(27-25-40)50-22-13-23-54-57(50)53-38-44-29-28-43-32-35-49(51-36-37-52(56(44)55(43)51)58(53)60(54)47-20-11-4-12-21-47)41-30-33-48(34-31-41)59(45-16-7-2-8-17-45)46-18-9-3-10-19-46/h1-38H. The summed E-state index contributed by atoms with van der Waals surface area (Å²) in [6.07, 6.45) is 0. The van der Waals surface area contributed by atoms with Gasteiger partial charge in [-0.05, 0) is 121 Å². The van der Waals surface area contributed by atoms with Crippen molar-refractivity contribution in [3.63, 3.8) is 0 Å². The number of para-hydroxylation sites is 3. The lowest BCUT2D eigenvalue weighted by atomic mass is 9.88. The molecule has 0 atom stereocenters. The molecule has 2 heteroatoms. The highest BCUT2D eigenvalue weighted by atomic mass is 15.1. The number of rotatable bonds is 7. The second-order valence-electron chi connectivity index (χ2n) is 15.7. The van der Waals surface area contributed by atoms with Gasteiger partial charge in [-0.15, -0.1) is 0 Å². The summed E-state index contributed by atoms with van der Waals surface area (Å²) < 4.78 is 2.49. The van der Waals surface area contributed by atoms with Crippen LogP contribution in [0.3, 0.4) is 0 Å². The lowest BCUT2D eigenvalue weighted by Crippen LogP contribution is -2.09. The Morgan fingerprint density at radius 1 is 0.300 bits per heavy atom. The van der Waals surface area contributed by atoms with E-state index in [1.807, 2.05) is 0 Å². The van der Waals surface area contributed by atoms with Crippen molar-refractivity contribution in [2.45, 2.75) is 0 Å². The average molecular weight is 763 g/mol. The van der Waals surface area contributed by atoms with Crippen molar-refractivity contribution in [2.75, 3.05) is 4.90 Å². The third kappa shape index (κ3) is 5.42. The first-order valence-electron chi connectivity index (χ1n) is 20.7. The zero-order chi connectivity index (χ0) is 39.6. The summed E-state index contributed by atoms with van der Waals surface area (Å²) in [4.78, 5) is 2.32. The van der Waals surface area contributed by atoms with E-state index in [9.17, 15) is 0 Å². The Labute approximate surface area is 348 Å². The summed E-state index contributed by atoms with van der Waals surface area (Å²) in [5.41, 5.74) is 14.3. The van der Waals surface area contributed by atoms with E-state index in [0.717, 1.165) is 22.7 Å². The number of benzene rings is 11. The highest BCUT2D eigenvalue weighted by molar-refractivity contribution is 6.33. The third-order valence-electron chi connectivity index (χ3n) is 12.3. The molecule has 0 fully saturated rings. The summed E-state index contributed by atoms with van der Waals surface area (Å²) in [5.74, 6) is 0. The Morgan fingerprint density at radius 2 is 0.817 bits per heavy atom. The number of aromatic nitrogens is 1. The topological polar surface area (TPSA) is 8.17 Å². The molecule has 12 rings (SSSR count). The van der Waals surface area contributed by atoms with Gasteiger partial charge < -0.3 is 9.47 Å². The molecule has 0 bridgehead atoms. The minimum Gasteiger partial charge on any atom is -0.311 e. The fraction of sp³-hybridized carbons (Fsp3) is 0. The molecule has 280 valence electrons. The number of fused-ring (bicyclic) bond motifs is 4. The van der Waals surface area contributed by atoms with Crippen LogP contribution in [0.2, 0.25) is 0 Å². The Bertz CT molecular complexity index is 3440. The average Bonchev–Trinajstić information content (AvgIpc) is 3.67. The minimum absolute atomic E-state index is 1.12. The van der Waals surface area contributed by atoms with E-state index in [4.69, 9.17) is 0 Å². The first kappa shape index (κ1) is 34.1. The van der Waals surface area contributed by atoms with Crippen LogP contribution in [0.15, 0.2) is 231 Å². The van der Waals surface area contributed by atoms with E-state index in [2.05, 4.69) is 240 Å². The maximum atomic E-state index is 2.49. The molecule has 0 radical (unpaired) electrons. The van der Waals surface area contributed by atoms with Crippen molar-refractivity contribution in [1.82, 2.24) is 4.57 Å². The second kappa shape index (κ2) is 13.9. The molecule has 0 saturated carbocycles. The van der Waals surface area contributed by atoms with Gasteiger partial charge in [-0.3, -0.25) is 0 Å². The Balaban J connectivity index is 1.06. The summed E-state index contributed by atoms with van der Waals surface area (Å²) in [6, 6.07) is 84.0. The van der Waals surface area contributed by atoms with Gasteiger partial charge in [-0.1, -0.05) is 170 Å². The second-order valence-corrected chi connectivity index (χ2v) is 15.7. The first-order chi connectivity index (χ1) is 29.8. The van der Waals surface area contributed by atoms with Gasteiger partial charge in [-0.2, -0.15) is 0 Å². The highest BCUT2D eigenvalue weighted by Crippen LogP contribution is 2.47. The Morgan fingerprint density at radius 3 is 1.52 bits per heavy atom.